The van der Waals surface area contributed by atoms with Gasteiger partial charge in [0, 0.05) is 30.9 Å². The second kappa shape index (κ2) is 9.26. The zero-order valence-corrected chi connectivity index (χ0v) is 16.0. The summed E-state index contributed by atoms with van der Waals surface area (Å²) in [5.41, 5.74) is 3.03. The first kappa shape index (κ1) is 19.0. The molecular weight excluding hydrogens is 371 g/mol. The first-order valence-corrected chi connectivity index (χ1v) is 9.54. The fourth-order valence-corrected chi connectivity index (χ4v) is 3.23. The molecule has 0 bridgehead atoms. The van der Waals surface area contributed by atoms with Gasteiger partial charge in [-0.05, 0) is 48.7 Å². The maximum Gasteiger partial charge on any atom is 0.251 e. The molecular formula is C20H22Cl2N2O2. The van der Waals surface area contributed by atoms with Crippen LogP contribution in [0.15, 0.2) is 42.5 Å². The Kier molecular flexibility index (Phi) is 6.78. The number of carbonyl (C=O) groups excluding carboxylic acids is 1. The van der Waals surface area contributed by atoms with E-state index in [1.807, 2.05) is 0 Å². The number of morpholine rings is 1. The van der Waals surface area contributed by atoms with Gasteiger partial charge in [-0.15, -0.1) is 0 Å². The first-order valence-electron chi connectivity index (χ1n) is 8.78. The highest BCUT2D eigenvalue weighted by molar-refractivity contribution is 6.42. The molecule has 0 spiro atoms. The van der Waals surface area contributed by atoms with Crippen LogP contribution in [0.5, 0.6) is 0 Å². The van der Waals surface area contributed by atoms with Gasteiger partial charge in [0.05, 0.1) is 23.3 Å². The molecule has 0 unspecified atom stereocenters. The van der Waals surface area contributed by atoms with Crippen molar-refractivity contribution in [1.29, 1.82) is 0 Å². The summed E-state index contributed by atoms with van der Waals surface area (Å²) in [5, 5.41) is 3.75. The van der Waals surface area contributed by atoms with Crippen molar-refractivity contribution >= 4 is 34.8 Å². The molecule has 1 aliphatic heterocycles. The van der Waals surface area contributed by atoms with Crippen molar-refractivity contribution in [2.75, 3.05) is 37.7 Å². The summed E-state index contributed by atoms with van der Waals surface area (Å²) in [5.74, 6) is -0.133. The number of halogens is 2. The number of rotatable bonds is 6. The molecule has 3 rings (SSSR count). The van der Waals surface area contributed by atoms with E-state index in [9.17, 15) is 4.79 Å². The van der Waals surface area contributed by atoms with Gasteiger partial charge in [0.25, 0.3) is 5.91 Å². The van der Waals surface area contributed by atoms with E-state index < -0.39 is 0 Å². The minimum atomic E-state index is -0.133. The highest BCUT2D eigenvalue weighted by Crippen LogP contribution is 2.22. The summed E-state index contributed by atoms with van der Waals surface area (Å²) in [7, 11) is 0. The molecule has 2 aromatic carbocycles. The first-order chi connectivity index (χ1) is 12.6. The summed E-state index contributed by atoms with van der Waals surface area (Å²) in [6.45, 7) is 4.09. The van der Waals surface area contributed by atoms with E-state index >= 15 is 0 Å². The van der Waals surface area contributed by atoms with E-state index in [1.54, 1.807) is 18.2 Å². The Morgan fingerprint density at radius 3 is 2.46 bits per heavy atom. The van der Waals surface area contributed by atoms with Gasteiger partial charge in [0.2, 0.25) is 0 Å². The fraction of sp³-hybridized carbons (Fsp3) is 0.350. The summed E-state index contributed by atoms with van der Waals surface area (Å²) in [4.78, 5) is 14.4. The average molecular weight is 393 g/mol. The maximum absolute atomic E-state index is 12.1. The lowest BCUT2D eigenvalue weighted by Crippen LogP contribution is -2.36. The Balaban J connectivity index is 1.43. The Morgan fingerprint density at radius 1 is 1.04 bits per heavy atom. The third-order valence-electron chi connectivity index (χ3n) is 4.42. The molecule has 138 valence electrons. The Bertz CT molecular complexity index is 744. The number of nitrogens with one attached hydrogen (secondary N) is 1. The van der Waals surface area contributed by atoms with Crippen molar-refractivity contribution in [3.8, 4) is 0 Å². The van der Waals surface area contributed by atoms with Crippen molar-refractivity contribution in [3.05, 3.63) is 63.6 Å². The van der Waals surface area contributed by atoms with Gasteiger partial charge in [-0.2, -0.15) is 0 Å². The third kappa shape index (κ3) is 5.13. The van der Waals surface area contributed by atoms with E-state index in [0.717, 1.165) is 39.1 Å². The summed E-state index contributed by atoms with van der Waals surface area (Å²) >= 11 is 11.8. The predicted molar refractivity (Wildman–Crippen MR) is 107 cm³/mol. The van der Waals surface area contributed by atoms with E-state index in [1.165, 1.54) is 11.3 Å². The van der Waals surface area contributed by atoms with Crippen LogP contribution in [0, 0.1) is 0 Å². The van der Waals surface area contributed by atoms with Gasteiger partial charge in [-0.25, -0.2) is 0 Å². The van der Waals surface area contributed by atoms with Crippen molar-refractivity contribution in [3.63, 3.8) is 0 Å². The smallest absolute Gasteiger partial charge is 0.251 e. The molecule has 1 saturated heterocycles. The van der Waals surface area contributed by atoms with Gasteiger partial charge >= 0.3 is 0 Å². The number of anilines is 1. The number of hydrogen-bond acceptors (Lipinski definition) is 3. The van der Waals surface area contributed by atoms with Crippen LogP contribution in [-0.4, -0.2) is 38.8 Å². The monoisotopic (exact) mass is 392 g/mol. The Morgan fingerprint density at radius 2 is 1.77 bits per heavy atom. The molecule has 1 N–H and O–H groups in total. The second-order valence-electron chi connectivity index (χ2n) is 6.25. The lowest BCUT2D eigenvalue weighted by molar-refractivity contribution is 0.0953. The maximum atomic E-state index is 12.1. The van der Waals surface area contributed by atoms with Crippen molar-refractivity contribution in [2.24, 2.45) is 0 Å². The van der Waals surface area contributed by atoms with Crippen LogP contribution < -0.4 is 10.2 Å². The van der Waals surface area contributed by atoms with E-state index in [0.29, 0.717) is 22.2 Å². The summed E-state index contributed by atoms with van der Waals surface area (Å²) in [6.07, 6.45) is 1.80. The third-order valence-corrected chi connectivity index (χ3v) is 5.16. The molecule has 0 atom stereocenters. The molecule has 6 heteroatoms. The normalized spacial score (nSPS) is 14.3. The topological polar surface area (TPSA) is 41.6 Å². The molecule has 1 heterocycles. The van der Waals surface area contributed by atoms with E-state index in [-0.39, 0.29) is 5.91 Å². The average Bonchev–Trinajstić information content (AvgIpc) is 2.68. The van der Waals surface area contributed by atoms with Crippen LogP contribution in [-0.2, 0) is 11.2 Å². The standard InChI is InChI=1S/C20H22Cl2N2O2/c21-18-8-5-16(14-19(18)22)20(25)23-9-1-2-15-3-6-17(7-4-15)24-10-12-26-13-11-24/h3-8,14H,1-2,9-13H2,(H,23,25). The highest BCUT2D eigenvalue weighted by Gasteiger charge is 2.11. The number of hydrogen-bond donors (Lipinski definition) is 1. The summed E-state index contributed by atoms with van der Waals surface area (Å²) < 4.78 is 5.38. The van der Waals surface area contributed by atoms with Crippen molar-refractivity contribution in [1.82, 2.24) is 5.32 Å². The molecule has 1 fully saturated rings. The highest BCUT2D eigenvalue weighted by atomic mass is 35.5. The quantitative estimate of drug-likeness (QED) is 0.749. The number of carbonyl (C=O) groups is 1. The zero-order chi connectivity index (χ0) is 18.4. The van der Waals surface area contributed by atoms with Gasteiger partial charge in [0.15, 0.2) is 0 Å². The summed E-state index contributed by atoms with van der Waals surface area (Å²) in [6, 6.07) is 13.5. The van der Waals surface area contributed by atoms with E-state index in [4.69, 9.17) is 27.9 Å². The zero-order valence-electron chi connectivity index (χ0n) is 14.5. The number of nitrogens with zero attached hydrogens (tertiary/aromatic N) is 1. The minimum absolute atomic E-state index is 0.133. The molecule has 0 saturated carbocycles. The Hall–Kier alpha value is -1.75. The van der Waals surface area contributed by atoms with Gasteiger partial charge in [0.1, 0.15) is 0 Å². The molecule has 0 aliphatic carbocycles. The van der Waals surface area contributed by atoms with Crippen LogP contribution in [0.2, 0.25) is 10.0 Å². The minimum Gasteiger partial charge on any atom is -0.378 e. The molecule has 1 amide bonds. The van der Waals surface area contributed by atoms with Crippen molar-refractivity contribution in [2.45, 2.75) is 12.8 Å². The molecule has 1 aliphatic rings. The number of amides is 1. The lowest BCUT2D eigenvalue weighted by atomic mass is 10.1. The van der Waals surface area contributed by atoms with Crippen LogP contribution >= 0.6 is 23.2 Å². The SMILES string of the molecule is O=C(NCCCc1ccc(N2CCOCC2)cc1)c1ccc(Cl)c(Cl)c1. The van der Waals surface area contributed by atoms with Gasteiger partial charge in [-0.3, -0.25) is 4.79 Å². The predicted octanol–water partition coefficient (Wildman–Crippen LogP) is 4.19. The lowest BCUT2D eigenvalue weighted by Gasteiger charge is -2.28. The second-order valence-corrected chi connectivity index (χ2v) is 7.07. The largest absolute Gasteiger partial charge is 0.378 e. The Labute approximate surface area is 164 Å². The molecule has 26 heavy (non-hydrogen) atoms. The number of aryl methyl sites for hydroxylation is 1. The van der Waals surface area contributed by atoms with Gasteiger partial charge in [-0.1, -0.05) is 35.3 Å². The van der Waals surface area contributed by atoms with Crippen molar-refractivity contribution < 1.29 is 9.53 Å². The molecule has 0 radical (unpaired) electrons. The van der Waals surface area contributed by atoms with Crippen LogP contribution in [0.25, 0.3) is 0 Å². The van der Waals surface area contributed by atoms with Crippen LogP contribution in [0.4, 0.5) is 5.69 Å². The van der Waals surface area contributed by atoms with Crippen LogP contribution in [0.3, 0.4) is 0 Å². The molecule has 4 nitrogen and oxygen atoms in total. The van der Waals surface area contributed by atoms with Gasteiger partial charge < -0.3 is 15.0 Å². The van der Waals surface area contributed by atoms with E-state index in [2.05, 4.69) is 34.5 Å². The molecule has 2 aromatic rings. The molecule has 0 aromatic heterocycles. The number of ether oxygens (including phenoxy) is 1. The number of benzene rings is 2. The fourth-order valence-electron chi connectivity index (χ4n) is 2.93. The van der Waals surface area contributed by atoms with Crippen LogP contribution in [0.1, 0.15) is 22.3 Å².